The maximum absolute atomic E-state index is 12.4. The van der Waals surface area contributed by atoms with Gasteiger partial charge in [0.25, 0.3) is 5.60 Å². The number of rotatable bonds is 10. The van der Waals surface area contributed by atoms with Crippen LogP contribution in [0.1, 0.15) is 18.2 Å². The Balaban J connectivity index is 1.39. The number of carboxylic acids is 2. The molecule has 2 saturated heterocycles. The van der Waals surface area contributed by atoms with Gasteiger partial charge in [-0.2, -0.15) is 10.1 Å². The molecule has 0 saturated carbocycles. The Morgan fingerprint density at radius 2 is 1.93 bits per heavy atom. The topological polar surface area (TPSA) is 256 Å². The van der Waals surface area contributed by atoms with Crippen molar-refractivity contribution in [3.63, 3.8) is 0 Å². The minimum Gasteiger partial charge on any atom is -0.479 e. The number of halogens is 1. The van der Waals surface area contributed by atoms with Crippen molar-refractivity contribution in [2.24, 2.45) is 0 Å². The third-order valence-electron chi connectivity index (χ3n) is 7.55. The van der Waals surface area contributed by atoms with E-state index in [9.17, 15) is 39.9 Å². The van der Waals surface area contributed by atoms with Crippen molar-refractivity contribution >= 4 is 52.1 Å². The lowest BCUT2D eigenvalue weighted by atomic mass is 9.91. The third-order valence-corrected chi connectivity index (χ3v) is 7.72. The van der Waals surface area contributed by atoms with Gasteiger partial charge >= 0.3 is 18.0 Å². The maximum Gasteiger partial charge on any atom is 0.348 e. The Kier molecular flexibility index (Phi) is 8.12. The number of amides is 2. The second-order valence-electron chi connectivity index (χ2n) is 10.1. The van der Waals surface area contributed by atoms with Crippen LogP contribution >= 0.6 is 11.6 Å². The van der Waals surface area contributed by atoms with Crippen LogP contribution in [-0.2, 0) is 25.5 Å². The van der Waals surface area contributed by atoms with Gasteiger partial charge in [-0.05, 0) is 35.7 Å². The van der Waals surface area contributed by atoms with E-state index in [4.69, 9.17) is 26.8 Å². The molecular formula is C25H28ClN7O10. The number of anilines is 2. The van der Waals surface area contributed by atoms with Gasteiger partial charge in [-0.3, -0.25) is 4.90 Å². The number of carbonyl (C=O) groups excluding carboxylic acids is 1. The number of hydrogen-bond acceptors (Lipinski definition) is 12. The molecule has 17 nitrogen and oxygen atoms in total. The van der Waals surface area contributed by atoms with Crippen LogP contribution in [-0.4, -0.2) is 113 Å². The number of nitrogens with two attached hydrogens (primary N) is 1. The number of nitrogen functional groups attached to an aromatic ring is 1. The first-order valence-electron chi connectivity index (χ1n) is 13.0. The SMILES string of the molecule is Nc1nc(Cl)nc2c1cnn2[C@@H]1O[C@H](COC(Cc2ccc(N3CCCNC3=O)cc2)(C(=O)O)C(=O)O)[C@](O)(CO)[C@H]1O. The first kappa shape index (κ1) is 30.3. The van der Waals surface area contributed by atoms with Crippen molar-refractivity contribution in [3.8, 4) is 0 Å². The number of benzene rings is 1. The summed E-state index contributed by atoms with van der Waals surface area (Å²) in [4.78, 5) is 46.2. The average Bonchev–Trinajstić information content (AvgIpc) is 3.50. The van der Waals surface area contributed by atoms with Crippen molar-refractivity contribution in [3.05, 3.63) is 41.3 Å². The Labute approximate surface area is 247 Å². The van der Waals surface area contributed by atoms with E-state index in [-0.39, 0.29) is 33.7 Å². The number of aromatic nitrogens is 4. The highest BCUT2D eigenvalue weighted by molar-refractivity contribution is 6.28. The second kappa shape index (κ2) is 11.5. The van der Waals surface area contributed by atoms with Crippen LogP contribution in [0, 0.1) is 0 Å². The third kappa shape index (κ3) is 5.30. The molecule has 43 heavy (non-hydrogen) atoms. The Morgan fingerprint density at radius 3 is 2.56 bits per heavy atom. The molecule has 2 fully saturated rings. The van der Waals surface area contributed by atoms with Gasteiger partial charge in [-0.25, -0.2) is 24.0 Å². The Morgan fingerprint density at radius 1 is 1.23 bits per heavy atom. The van der Waals surface area contributed by atoms with Crippen LogP contribution in [0.5, 0.6) is 0 Å². The van der Waals surface area contributed by atoms with Gasteiger partial charge in [-0.15, -0.1) is 0 Å². The number of fused-ring (bicyclic) bond motifs is 1. The number of nitrogens with zero attached hydrogens (tertiary/aromatic N) is 5. The van der Waals surface area contributed by atoms with Gasteiger partial charge in [0.1, 0.15) is 23.6 Å². The fourth-order valence-electron chi connectivity index (χ4n) is 5.07. The van der Waals surface area contributed by atoms with Crippen LogP contribution in [0.4, 0.5) is 16.3 Å². The van der Waals surface area contributed by atoms with E-state index in [1.807, 2.05) is 0 Å². The first-order chi connectivity index (χ1) is 20.4. The lowest BCUT2D eigenvalue weighted by Gasteiger charge is -2.32. The van der Waals surface area contributed by atoms with E-state index >= 15 is 0 Å². The molecule has 4 heterocycles. The number of aliphatic hydroxyl groups is 3. The summed E-state index contributed by atoms with van der Waals surface area (Å²) in [6.07, 6.45) is -3.66. The van der Waals surface area contributed by atoms with E-state index < -0.39 is 61.2 Å². The van der Waals surface area contributed by atoms with Gasteiger partial charge in [0.2, 0.25) is 5.28 Å². The molecule has 2 aromatic heterocycles. The highest BCUT2D eigenvalue weighted by atomic mass is 35.5. The smallest absolute Gasteiger partial charge is 0.348 e. The number of ether oxygens (including phenoxy) is 2. The quantitative estimate of drug-likeness (QED) is 0.107. The average molecular weight is 622 g/mol. The van der Waals surface area contributed by atoms with Crippen LogP contribution < -0.4 is 16.0 Å². The zero-order valence-electron chi connectivity index (χ0n) is 22.3. The molecule has 18 heteroatoms. The van der Waals surface area contributed by atoms with Crippen molar-refractivity contribution in [1.29, 1.82) is 0 Å². The number of carbonyl (C=O) groups is 3. The molecular weight excluding hydrogens is 594 g/mol. The summed E-state index contributed by atoms with van der Waals surface area (Å²) in [6.45, 7) is -0.929. The van der Waals surface area contributed by atoms with Crippen molar-refractivity contribution < 1.29 is 49.4 Å². The predicted octanol–water partition coefficient (Wildman–Crippen LogP) is -0.869. The fraction of sp³-hybridized carbons (Fsp3) is 0.440. The maximum atomic E-state index is 12.4. The highest BCUT2D eigenvalue weighted by Crippen LogP contribution is 2.39. The van der Waals surface area contributed by atoms with E-state index in [1.165, 1.54) is 23.2 Å². The molecule has 230 valence electrons. The first-order valence-corrected chi connectivity index (χ1v) is 13.4. The second-order valence-corrected chi connectivity index (χ2v) is 10.5. The molecule has 2 aliphatic rings. The summed E-state index contributed by atoms with van der Waals surface area (Å²) in [6, 6.07) is 5.76. The van der Waals surface area contributed by atoms with Crippen LogP contribution in [0.3, 0.4) is 0 Å². The zero-order chi connectivity index (χ0) is 31.1. The van der Waals surface area contributed by atoms with Gasteiger partial charge < -0.3 is 46.1 Å². The van der Waals surface area contributed by atoms with Gasteiger partial charge in [0.15, 0.2) is 11.9 Å². The lowest BCUT2D eigenvalue weighted by Crippen LogP contribution is -2.56. The Bertz CT molecular complexity index is 1540. The normalized spacial score (nSPS) is 24.3. The van der Waals surface area contributed by atoms with Gasteiger partial charge in [0, 0.05) is 25.2 Å². The zero-order valence-corrected chi connectivity index (χ0v) is 23.1. The number of carboxylic acid groups (broad SMARTS) is 2. The van der Waals surface area contributed by atoms with Crippen molar-refractivity contribution in [1.82, 2.24) is 25.1 Å². The van der Waals surface area contributed by atoms with E-state index in [0.717, 1.165) is 11.1 Å². The minimum atomic E-state index is -2.86. The molecule has 0 unspecified atom stereocenters. The van der Waals surface area contributed by atoms with Crippen LogP contribution in [0.15, 0.2) is 30.5 Å². The summed E-state index contributed by atoms with van der Waals surface area (Å²) in [5.41, 5.74) is 1.36. The Hall–Kier alpha value is -4.13. The standard InChI is InChI=1S/C25H28ClN7O10/c26-22-30-17(27)14-9-29-33(18(14)31-22)19-16(35)24(41,11-34)15(43-19)10-42-25(20(36)37,21(38)39)8-12-2-4-13(5-3-12)32-7-1-6-28-23(32)40/h2-5,9,15-16,19,34-35,41H,1,6-8,10-11H2,(H,28,40)(H,36,37)(H,38,39)(H2,27,30,31)/t15-,16+,19-,24-/m1/s1. The molecule has 0 spiro atoms. The molecule has 2 aliphatic heterocycles. The molecule has 1 aromatic carbocycles. The monoisotopic (exact) mass is 621 g/mol. The summed E-state index contributed by atoms with van der Waals surface area (Å²) in [5.74, 6) is -3.71. The fourth-order valence-corrected chi connectivity index (χ4v) is 5.24. The number of aliphatic hydroxyl groups excluding tert-OH is 2. The number of hydrogen-bond donors (Lipinski definition) is 7. The highest BCUT2D eigenvalue weighted by Gasteiger charge is 2.58. The molecule has 3 aromatic rings. The van der Waals surface area contributed by atoms with Crippen LogP contribution in [0.25, 0.3) is 11.0 Å². The largest absolute Gasteiger partial charge is 0.479 e. The van der Waals surface area contributed by atoms with Gasteiger partial charge in [-0.1, -0.05) is 12.1 Å². The minimum absolute atomic E-state index is 0.0223. The molecule has 0 bridgehead atoms. The predicted molar refractivity (Wildman–Crippen MR) is 146 cm³/mol. The molecule has 8 N–H and O–H groups in total. The van der Waals surface area contributed by atoms with Crippen molar-refractivity contribution in [2.45, 2.75) is 42.5 Å². The molecule has 0 aliphatic carbocycles. The van der Waals surface area contributed by atoms with Crippen molar-refractivity contribution in [2.75, 3.05) is 36.9 Å². The summed E-state index contributed by atoms with van der Waals surface area (Å²) >= 11 is 5.90. The lowest BCUT2D eigenvalue weighted by molar-refractivity contribution is -0.195. The summed E-state index contributed by atoms with van der Waals surface area (Å²) < 4.78 is 12.3. The van der Waals surface area contributed by atoms with Crippen LogP contribution in [0.2, 0.25) is 5.28 Å². The number of aliphatic carboxylic acids is 2. The molecule has 4 atom stereocenters. The van der Waals surface area contributed by atoms with E-state index in [1.54, 1.807) is 12.1 Å². The molecule has 2 amide bonds. The number of urea groups is 1. The van der Waals surface area contributed by atoms with E-state index in [0.29, 0.717) is 18.8 Å². The molecule has 5 rings (SSSR count). The number of nitrogens with one attached hydrogen (secondary N) is 1. The molecule has 0 radical (unpaired) electrons. The summed E-state index contributed by atoms with van der Waals surface area (Å²) in [7, 11) is 0. The summed E-state index contributed by atoms with van der Waals surface area (Å²) in [5, 5.41) is 58.9. The van der Waals surface area contributed by atoms with Gasteiger partial charge in [0.05, 0.1) is 24.8 Å². The van der Waals surface area contributed by atoms with E-state index in [2.05, 4.69) is 20.4 Å².